The number of carbonyl (C=O) groups excluding carboxylic acids is 1. The molecule has 0 aliphatic heterocycles. The Morgan fingerprint density at radius 2 is 1.96 bits per heavy atom. The first-order chi connectivity index (χ1) is 13.3. The smallest absolute Gasteiger partial charge is 0.320 e. The summed E-state index contributed by atoms with van der Waals surface area (Å²) in [6.07, 6.45) is 3.97. The average molecular weight is 394 g/mol. The maximum atomic E-state index is 12.0. The van der Waals surface area contributed by atoms with Crippen molar-refractivity contribution in [3.05, 3.63) is 23.4 Å². The maximum Gasteiger partial charge on any atom is 0.320 e. The molecule has 0 aromatic carbocycles. The average Bonchev–Trinajstić information content (AvgIpc) is 2.68. The molecule has 8 nitrogen and oxygen atoms in total. The molecular weight excluding hydrogens is 358 g/mol. The van der Waals surface area contributed by atoms with Crippen molar-refractivity contribution in [2.45, 2.75) is 45.1 Å². The van der Waals surface area contributed by atoms with Gasteiger partial charge >= 0.3 is 5.97 Å². The van der Waals surface area contributed by atoms with Gasteiger partial charge in [-0.2, -0.15) is 0 Å². The molecule has 0 bridgehead atoms. The first-order valence-electron chi connectivity index (χ1n) is 9.85. The third-order valence-electron chi connectivity index (χ3n) is 4.74. The molecule has 0 fully saturated rings. The quantitative estimate of drug-likeness (QED) is 0.432. The van der Waals surface area contributed by atoms with Crippen LogP contribution in [0.15, 0.2) is 12.1 Å². The van der Waals surface area contributed by atoms with Crippen LogP contribution in [0, 0.1) is 0 Å². The van der Waals surface area contributed by atoms with Gasteiger partial charge in [-0.3, -0.25) is 14.5 Å². The van der Waals surface area contributed by atoms with Crippen LogP contribution in [0.3, 0.4) is 0 Å². The molecule has 0 spiro atoms. The number of aromatic nitrogens is 1. The van der Waals surface area contributed by atoms with Crippen LogP contribution in [-0.2, 0) is 22.4 Å². The van der Waals surface area contributed by atoms with Gasteiger partial charge in [-0.25, -0.2) is 4.98 Å². The molecule has 1 rings (SSSR count). The minimum Gasteiger partial charge on any atom is -0.480 e. The third kappa shape index (κ3) is 8.22. The molecule has 28 heavy (non-hydrogen) atoms. The van der Waals surface area contributed by atoms with Gasteiger partial charge in [-0.05, 0) is 50.3 Å². The summed E-state index contributed by atoms with van der Waals surface area (Å²) in [5.74, 6) is -0.0823. The van der Waals surface area contributed by atoms with Crippen LogP contribution in [0.25, 0.3) is 0 Å². The van der Waals surface area contributed by atoms with Crippen molar-refractivity contribution in [3.8, 4) is 0 Å². The number of carboxylic acids is 1. The number of unbranched alkanes of at least 4 members (excludes halogenated alkanes) is 1. The summed E-state index contributed by atoms with van der Waals surface area (Å²) in [4.78, 5) is 31.2. The fraction of sp³-hybridized carbons (Fsp3) is 0.650. The van der Waals surface area contributed by atoms with Crippen molar-refractivity contribution in [3.63, 3.8) is 0 Å². The molecule has 1 amide bonds. The highest BCUT2D eigenvalue weighted by Gasteiger charge is 2.16. The van der Waals surface area contributed by atoms with Crippen molar-refractivity contribution in [2.75, 3.05) is 46.1 Å². The third-order valence-corrected chi connectivity index (χ3v) is 4.74. The van der Waals surface area contributed by atoms with Crippen LogP contribution in [0.1, 0.15) is 37.4 Å². The fourth-order valence-corrected chi connectivity index (χ4v) is 2.86. The van der Waals surface area contributed by atoms with Gasteiger partial charge in [0.1, 0.15) is 11.9 Å². The van der Waals surface area contributed by atoms with E-state index in [1.807, 2.05) is 11.9 Å². The monoisotopic (exact) mass is 393 g/mol. The highest BCUT2D eigenvalue weighted by atomic mass is 16.4. The Morgan fingerprint density at radius 1 is 1.25 bits per heavy atom. The second-order valence-corrected chi connectivity index (χ2v) is 7.17. The number of anilines is 1. The zero-order valence-corrected chi connectivity index (χ0v) is 17.6. The molecule has 0 aliphatic carbocycles. The van der Waals surface area contributed by atoms with E-state index in [1.165, 1.54) is 5.56 Å². The highest BCUT2D eigenvalue weighted by molar-refractivity contribution is 5.77. The number of aliphatic carboxylic acids is 1. The van der Waals surface area contributed by atoms with Crippen molar-refractivity contribution in [1.82, 2.24) is 14.8 Å². The van der Waals surface area contributed by atoms with E-state index in [1.54, 1.807) is 19.0 Å². The van der Waals surface area contributed by atoms with E-state index in [4.69, 9.17) is 10.8 Å². The van der Waals surface area contributed by atoms with Gasteiger partial charge in [-0.1, -0.05) is 13.0 Å². The standard InChI is InChI=1S/C20H35N5O3/c1-5-15-9-10-16(23-19(15)22-2)8-6-7-12-25(14-18(26)24(3)4)13-11-17(21)20(27)28/h9-10,17H,5-8,11-14,21H2,1-4H3,(H,22,23)(H,27,28). The maximum absolute atomic E-state index is 12.0. The number of aryl methyl sites for hydroxylation is 2. The molecule has 158 valence electrons. The molecule has 8 heteroatoms. The number of carboxylic acid groups (broad SMARTS) is 1. The van der Waals surface area contributed by atoms with Gasteiger partial charge in [0.2, 0.25) is 5.91 Å². The Balaban J connectivity index is 2.54. The number of nitrogens with two attached hydrogens (primary N) is 1. The summed E-state index contributed by atoms with van der Waals surface area (Å²) in [5, 5.41) is 12.1. The van der Waals surface area contributed by atoms with Crippen molar-refractivity contribution >= 4 is 17.7 Å². The molecule has 4 N–H and O–H groups in total. The summed E-state index contributed by atoms with van der Waals surface area (Å²) in [7, 11) is 5.32. The van der Waals surface area contributed by atoms with Gasteiger partial charge in [0, 0.05) is 33.4 Å². The second kappa shape index (κ2) is 12.3. The Kier molecular flexibility index (Phi) is 10.5. The van der Waals surface area contributed by atoms with E-state index >= 15 is 0 Å². The molecule has 1 aromatic heterocycles. The van der Waals surface area contributed by atoms with E-state index in [2.05, 4.69) is 29.4 Å². The van der Waals surface area contributed by atoms with E-state index < -0.39 is 12.0 Å². The molecule has 0 saturated heterocycles. The number of amides is 1. The van der Waals surface area contributed by atoms with E-state index in [9.17, 15) is 9.59 Å². The van der Waals surface area contributed by atoms with Crippen LogP contribution >= 0.6 is 0 Å². The van der Waals surface area contributed by atoms with Gasteiger partial charge < -0.3 is 21.1 Å². The van der Waals surface area contributed by atoms with Gasteiger partial charge in [-0.15, -0.1) is 0 Å². The minimum absolute atomic E-state index is 0.000575. The SMILES string of the molecule is CCc1ccc(CCCCN(CCC(N)C(=O)O)CC(=O)N(C)C)nc1NC. The number of hydrogen-bond acceptors (Lipinski definition) is 6. The number of hydrogen-bond donors (Lipinski definition) is 3. The second-order valence-electron chi connectivity index (χ2n) is 7.17. The first kappa shape index (κ1) is 23.8. The molecular formula is C20H35N5O3. The summed E-state index contributed by atoms with van der Waals surface area (Å²) in [6, 6.07) is 3.28. The predicted molar refractivity (Wildman–Crippen MR) is 111 cm³/mol. The molecule has 1 atom stereocenters. The summed E-state index contributed by atoms with van der Waals surface area (Å²) >= 11 is 0. The predicted octanol–water partition coefficient (Wildman–Crippen LogP) is 1.20. The van der Waals surface area contributed by atoms with Crippen LogP contribution in [-0.4, -0.2) is 78.6 Å². The molecule has 1 heterocycles. The summed E-state index contributed by atoms with van der Waals surface area (Å²) in [5.41, 5.74) is 7.85. The van der Waals surface area contributed by atoms with Crippen molar-refractivity contribution in [2.24, 2.45) is 5.73 Å². The summed E-state index contributed by atoms with van der Waals surface area (Å²) < 4.78 is 0. The lowest BCUT2D eigenvalue weighted by Crippen LogP contribution is -2.40. The lowest BCUT2D eigenvalue weighted by Gasteiger charge is -2.24. The Labute approximate surface area is 168 Å². The van der Waals surface area contributed by atoms with E-state index in [-0.39, 0.29) is 12.5 Å². The fourth-order valence-electron chi connectivity index (χ4n) is 2.86. The lowest BCUT2D eigenvalue weighted by atomic mass is 10.1. The molecule has 1 aromatic rings. The number of nitrogens with one attached hydrogen (secondary N) is 1. The van der Waals surface area contributed by atoms with Gasteiger partial charge in [0.25, 0.3) is 0 Å². The summed E-state index contributed by atoms with van der Waals surface area (Å²) in [6.45, 7) is 3.59. The van der Waals surface area contributed by atoms with Crippen molar-refractivity contribution < 1.29 is 14.7 Å². The Hall–Kier alpha value is -2.19. The van der Waals surface area contributed by atoms with Crippen molar-refractivity contribution in [1.29, 1.82) is 0 Å². The normalized spacial score (nSPS) is 12.1. The van der Waals surface area contributed by atoms with Crippen LogP contribution in [0.4, 0.5) is 5.82 Å². The van der Waals surface area contributed by atoms with Crippen LogP contribution in [0.5, 0.6) is 0 Å². The van der Waals surface area contributed by atoms with Crippen LogP contribution in [0.2, 0.25) is 0 Å². The minimum atomic E-state index is -1.01. The molecule has 0 saturated carbocycles. The first-order valence-corrected chi connectivity index (χ1v) is 9.85. The highest BCUT2D eigenvalue weighted by Crippen LogP contribution is 2.15. The van der Waals surface area contributed by atoms with E-state index in [0.29, 0.717) is 13.0 Å². The lowest BCUT2D eigenvalue weighted by molar-refractivity contribution is -0.138. The largest absolute Gasteiger partial charge is 0.480 e. The number of likely N-dealkylation sites (N-methyl/N-ethyl adjacent to an activating group) is 1. The molecule has 1 unspecified atom stereocenters. The molecule has 0 radical (unpaired) electrons. The Bertz CT molecular complexity index is 636. The van der Waals surface area contributed by atoms with Crippen LogP contribution < -0.4 is 11.1 Å². The number of pyridine rings is 1. The number of carbonyl (C=O) groups is 2. The number of rotatable bonds is 13. The number of nitrogens with zero attached hydrogens (tertiary/aromatic N) is 3. The van der Waals surface area contributed by atoms with Gasteiger partial charge in [0.05, 0.1) is 6.54 Å². The Morgan fingerprint density at radius 3 is 2.54 bits per heavy atom. The zero-order chi connectivity index (χ0) is 21.1. The molecule has 0 aliphatic rings. The zero-order valence-electron chi connectivity index (χ0n) is 17.6. The topological polar surface area (TPSA) is 112 Å². The van der Waals surface area contributed by atoms with E-state index in [0.717, 1.165) is 43.7 Å². The van der Waals surface area contributed by atoms with Gasteiger partial charge in [0.15, 0.2) is 0 Å².